The second kappa shape index (κ2) is 5.77. The Balaban J connectivity index is 3.00. The Hall–Kier alpha value is -1.98. The molecule has 0 aliphatic carbocycles. The average Bonchev–Trinajstić information content (AvgIpc) is 2.38. The molecule has 0 aromatic carbocycles. The third kappa shape index (κ3) is 3.49. The number of hydrogen-bond donors (Lipinski definition) is 1. The second-order valence-electron chi connectivity index (χ2n) is 4.01. The summed E-state index contributed by atoms with van der Waals surface area (Å²) < 4.78 is 25.2. The predicted octanol–water partition coefficient (Wildman–Crippen LogP) is 0.560. The van der Waals surface area contributed by atoms with Gasteiger partial charge in [0.1, 0.15) is 0 Å². The number of aromatic carboxylic acids is 1. The van der Waals surface area contributed by atoms with Crippen molar-refractivity contribution in [1.82, 2.24) is 9.29 Å². The van der Waals surface area contributed by atoms with Crippen molar-refractivity contribution >= 4 is 16.0 Å². The summed E-state index contributed by atoms with van der Waals surface area (Å²) in [5.41, 5.74) is -0.0907. The van der Waals surface area contributed by atoms with Crippen molar-refractivity contribution in [2.75, 3.05) is 13.6 Å². The molecule has 0 aliphatic rings. The molecule has 0 saturated carbocycles. The first-order chi connectivity index (χ1) is 8.78. The third-order valence-electron chi connectivity index (χ3n) is 2.41. The molecule has 7 nitrogen and oxygen atoms in total. The van der Waals surface area contributed by atoms with Crippen LogP contribution in [0.15, 0.2) is 23.4 Å². The molecule has 0 radical (unpaired) electrons. The molecule has 0 bridgehead atoms. The van der Waals surface area contributed by atoms with Gasteiger partial charge in [0, 0.05) is 19.8 Å². The first kappa shape index (κ1) is 15.1. The summed E-state index contributed by atoms with van der Waals surface area (Å²) in [6, 6.07) is 4.24. The highest BCUT2D eigenvalue weighted by Crippen LogP contribution is 2.13. The highest BCUT2D eigenvalue weighted by Gasteiger charge is 2.23. The van der Waals surface area contributed by atoms with Crippen molar-refractivity contribution < 1.29 is 18.3 Å². The minimum absolute atomic E-state index is 0.0429. The lowest BCUT2D eigenvalue weighted by Gasteiger charge is -2.17. The van der Waals surface area contributed by atoms with Crippen LogP contribution in [0.5, 0.6) is 0 Å². The molecule has 1 aromatic heterocycles. The van der Waals surface area contributed by atoms with Crippen LogP contribution in [-0.2, 0) is 10.0 Å². The van der Waals surface area contributed by atoms with Crippen molar-refractivity contribution in [1.29, 1.82) is 5.26 Å². The summed E-state index contributed by atoms with van der Waals surface area (Å²) in [7, 11) is -2.47. The first-order valence-corrected chi connectivity index (χ1v) is 6.78. The number of carbonyl (C=O) groups is 1. The highest BCUT2D eigenvalue weighted by molar-refractivity contribution is 7.89. The van der Waals surface area contributed by atoms with E-state index in [0.29, 0.717) is 0 Å². The molecule has 102 valence electrons. The number of carboxylic acids is 1. The topological polar surface area (TPSA) is 111 Å². The minimum Gasteiger partial charge on any atom is -0.478 e. The van der Waals surface area contributed by atoms with Crippen LogP contribution in [0.25, 0.3) is 0 Å². The molecular weight excluding hydrogens is 270 g/mol. The molecule has 0 amide bonds. The summed E-state index contributed by atoms with van der Waals surface area (Å²) in [6.45, 7) is 1.65. The van der Waals surface area contributed by atoms with Crippen LogP contribution in [0.2, 0.25) is 0 Å². The Morgan fingerprint density at radius 2 is 2.21 bits per heavy atom. The van der Waals surface area contributed by atoms with Gasteiger partial charge < -0.3 is 5.11 Å². The normalized spacial score (nSPS) is 12.9. The fourth-order valence-electron chi connectivity index (χ4n) is 1.34. The number of sulfonamides is 1. The van der Waals surface area contributed by atoms with E-state index in [0.717, 1.165) is 16.6 Å². The van der Waals surface area contributed by atoms with E-state index in [4.69, 9.17) is 10.4 Å². The van der Waals surface area contributed by atoms with E-state index in [-0.39, 0.29) is 17.1 Å². The molecule has 1 heterocycles. The Morgan fingerprint density at radius 3 is 2.63 bits per heavy atom. The first-order valence-electron chi connectivity index (χ1n) is 5.34. The molecule has 8 heteroatoms. The molecule has 1 aromatic rings. The van der Waals surface area contributed by atoms with Gasteiger partial charge in [0.25, 0.3) is 10.0 Å². The van der Waals surface area contributed by atoms with Gasteiger partial charge in [0.15, 0.2) is 5.03 Å². The molecule has 0 spiro atoms. The number of carboxylic acid groups (broad SMARTS) is 1. The zero-order chi connectivity index (χ0) is 14.6. The van der Waals surface area contributed by atoms with E-state index in [2.05, 4.69) is 4.98 Å². The van der Waals surface area contributed by atoms with Crippen molar-refractivity contribution in [2.24, 2.45) is 5.92 Å². The lowest BCUT2D eigenvalue weighted by atomic mass is 10.2. The van der Waals surface area contributed by atoms with E-state index >= 15 is 0 Å². The van der Waals surface area contributed by atoms with E-state index in [1.54, 1.807) is 6.92 Å². The Morgan fingerprint density at radius 1 is 1.58 bits per heavy atom. The second-order valence-corrected chi connectivity index (χ2v) is 6.00. The van der Waals surface area contributed by atoms with Gasteiger partial charge in [0.2, 0.25) is 0 Å². The van der Waals surface area contributed by atoms with Crippen LogP contribution in [0.3, 0.4) is 0 Å². The fourth-order valence-corrected chi connectivity index (χ4v) is 2.51. The van der Waals surface area contributed by atoms with Crippen molar-refractivity contribution in [3.05, 3.63) is 23.9 Å². The van der Waals surface area contributed by atoms with Crippen LogP contribution < -0.4 is 0 Å². The molecule has 0 fully saturated rings. The van der Waals surface area contributed by atoms with E-state index < -0.39 is 21.9 Å². The molecule has 1 N–H and O–H groups in total. The van der Waals surface area contributed by atoms with E-state index in [1.807, 2.05) is 6.07 Å². The zero-order valence-electron chi connectivity index (χ0n) is 10.4. The van der Waals surface area contributed by atoms with Crippen LogP contribution in [0.1, 0.15) is 17.3 Å². The highest BCUT2D eigenvalue weighted by atomic mass is 32.2. The molecular formula is C11H13N3O4S. The monoisotopic (exact) mass is 283 g/mol. The van der Waals surface area contributed by atoms with Crippen molar-refractivity contribution in [2.45, 2.75) is 11.9 Å². The maximum absolute atomic E-state index is 12.1. The maximum Gasteiger partial charge on any atom is 0.337 e. The number of nitriles is 1. The molecule has 1 atom stereocenters. The van der Waals surface area contributed by atoms with Crippen LogP contribution in [-0.4, -0.2) is 42.4 Å². The molecule has 1 unspecified atom stereocenters. The lowest BCUT2D eigenvalue weighted by molar-refractivity contribution is 0.0696. The number of rotatable bonds is 5. The number of hydrogen-bond acceptors (Lipinski definition) is 5. The molecule has 19 heavy (non-hydrogen) atoms. The minimum atomic E-state index is -3.81. The third-order valence-corrected chi connectivity index (χ3v) is 4.15. The largest absolute Gasteiger partial charge is 0.478 e. The fraction of sp³-hybridized carbons (Fsp3) is 0.364. The standard InChI is InChI=1S/C11H13N3O4S/c1-8(5-12)7-14(2)19(17,18)10-4-3-9(6-13-10)11(15)16/h3-4,6,8H,7H2,1-2H3,(H,15,16). The SMILES string of the molecule is CC(C#N)CN(C)S(=O)(=O)c1ccc(C(=O)O)cn1. The number of nitrogens with zero attached hydrogens (tertiary/aromatic N) is 3. The summed E-state index contributed by atoms with van der Waals surface area (Å²) in [6.07, 6.45) is 0.983. The van der Waals surface area contributed by atoms with Gasteiger partial charge in [-0.2, -0.15) is 9.57 Å². The van der Waals surface area contributed by atoms with Crippen molar-refractivity contribution in [3.8, 4) is 6.07 Å². The van der Waals surface area contributed by atoms with Gasteiger partial charge in [-0.15, -0.1) is 0 Å². The van der Waals surface area contributed by atoms with Gasteiger partial charge in [-0.05, 0) is 19.1 Å². The lowest BCUT2D eigenvalue weighted by Crippen LogP contribution is -2.31. The molecule has 0 saturated heterocycles. The Labute approximate surface area is 111 Å². The van der Waals surface area contributed by atoms with E-state index in [1.165, 1.54) is 13.1 Å². The van der Waals surface area contributed by atoms with Gasteiger partial charge in [-0.25, -0.2) is 18.2 Å². The number of pyridine rings is 1. The van der Waals surface area contributed by atoms with Gasteiger partial charge in [0.05, 0.1) is 17.6 Å². The number of aromatic nitrogens is 1. The van der Waals surface area contributed by atoms with Crippen LogP contribution >= 0.6 is 0 Å². The summed E-state index contributed by atoms with van der Waals surface area (Å²) in [4.78, 5) is 14.3. The smallest absolute Gasteiger partial charge is 0.337 e. The molecule has 0 aliphatic heterocycles. The van der Waals surface area contributed by atoms with Gasteiger partial charge in [-0.3, -0.25) is 0 Å². The van der Waals surface area contributed by atoms with Gasteiger partial charge in [-0.1, -0.05) is 0 Å². The Bertz CT molecular complexity index is 604. The zero-order valence-corrected chi connectivity index (χ0v) is 11.3. The summed E-state index contributed by atoms with van der Waals surface area (Å²) in [5, 5.41) is 17.1. The average molecular weight is 283 g/mol. The summed E-state index contributed by atoms with van der Waals surface area (Å²) >= 11 is 0. The Kier molecular flexibility index (Phi) is 4.58. The van der Waals surface area contributed by atoms with Crippen molar-refractivity contribution in [3.63, 3.8) is 0 Å². The van der Waals surface area contributed by atoms with Gasteiger partial charge >= 0.3 is 5.97 Å². The summed E-state index contributed by atoms with van der Waals surface area (Å²) in [5.74, 6) is -1.62. The quantitative estimate of drug-likeness (QED) is 0.845. The van der Waals surface area contributed by atoms with Crippen LogP contribution in [0.4, 0.5) is 0 Å². The molecule has 1 rings (SSSR count). The van der Waals surface area contributed by atoms with Crippen LogP contribution in [0, 0.1) is 17.2 Å². The predicted molar refractivity (Wildman–Crippen MR) is 65.8 cm³/mol. The van der Waals surface area contributed by atoms with E-state index in [9.17, 15) is 13.2 Å². The maximum atomic E-state index is 12.1.